The molecule has 1 aliphatic rings. The molecular formula is C14H24N4O. The number of aromatic nitrogens is 2. The van der Waals surface area contributed by atoms with E-state index in [1.165, 1.54) is 12.8 Å². The van der Waals surface area contributed by atoms with E-state index in [1.807, 2.05) is 13.0 Å². The third kappa shape index (κ3) is 3.35. The number of nitrogens with zero attached hydrogens (tertiary/aromatic N) is 3. The summed E-state index contributed by atoms with van der Waals surface area (Å²) in [4.78, 5) is 11.1. The summed E-state index contributed by atoms with van der Waals surface area (Å²) in [5, 5.41) is 0. The van der Waals surface area contributed by atoms with Gasteiger partial charge in [-0.25, -0.2) is 9.97 Å². The van der Waals surface area contributed by atoms with Crippen LogP contribution in [0.15, 0.2) is 6.07 Å². The van der Waals surface area contributed by atoms with Crippen LogP contribution >= 0.6 is 0 Å². The van der Waals surface area contributed by atoms with Crippen molar-refractivity contribution in [3.8, 4) is 0 Å². The Balaban J connectivity index is 2.20. The quantitative estimate of drug-likeness (QED) is 0.903. The summed E-state index contributed by atoms with van der Waals surface area (Å²) < 4.78 is 5.37. The second-order valence-electron chi connectivity index (χ2n) is 5.26. The maximum Gasteiger partial charge on any atom is 0.158 e. The minimum absolute atomic E-state index is 0.423. The lowest BCUT2D eigenvalue weighted by Gasteiger charge is -2.38. The molecule has 1 saturated heterocycles. The van der Waals surface area contributed by atoms with Gasteiger partial charge >= 0.3 is 0 Å². The van der Waals surface area contributed by atoms with Crippen molar-refractivity contribution < 1.29 is 4.74 Å². The predicted molar refractivity (Wildman–Crippen MR) is 77.0 cm³/mol. The number of hydrogen-bond acceptors (Lipinski definition) is 5. The van der Waals surface area contributed by atoms with E-state index in [1.54, 1.807) is 0 Å². The van der Waals surface area contributed by atoms with Crippen LogP contribution in [-0.4, -0.2) is 29.2 Å². The molecule has 2 atom stereocenters. The highest BCUT2D eigenvalue weighted by molar-refractivity contribution is 5.48. The molecule has 5 heteroatoms. The van der Waals surface area contributed by atoms with Crippen molar-refractivity contribution in [3.05, 3.63) is 11.9 Å². The van der Waals surface area contributed by atoms with Crippen molar-refractivity contribution >= 4 is 11.6 Å². The van der Waals surface area contributed by atoms with Crippen LogP contribution in [0.3, 0.4) is 0 Å². The van der Waals surface area contributed by atoms with Crippen LogP contribution in [0.2, 0.25) is 0 Å². The van der Waals surface area contributed by atoms with Gasteiger partial charge in [0.25, 0.3) is 0 Å². The van der Waals surface area contributed by atoms with E-state index in [4.69, 9.17) is 10.5 Å². The average molecular weight is 264 g/mol. The number of piperidine rings is 1. The first-order chi connectivity index (χ1) is 9.11. The van der Waals surface area contributed by atoms with Crippen LogP contribution in [0.5, 0.6) is 0 Å². The second kappa shape index (κ2) is 6.19. The van der Waals surface area contributed by atoms with Crippen LogP contribution in [0, 0.1) is 5.92 Å². The fourth-order valence-electron chi connectivity index (χ4n) is 2.57. The average Bonchev–Trinajstić information content (AvgIpc) is 2.39. The third-order valence-corrected chi connectivity index (χ3v) is 3.88. The summed E-state index contributed by atoms with van der Waals surface area (Å²) in [6, 6.07) is 2.35. The fourth-order valence-corrected chi connectivity index (χ4v) is 2.57. The number of ether oxygens (including phenoxy) is 1. The molecule has 1 aliphatic heterocycles. The highest BCUT2D eigenvalue weighted by Gasteiger charge is 2.26. The first kappa shape index (κ1) is 14.1. The molecule has 2 unspecified atom stereocenters. The third-order valence-electron chi connectivity index (χ3n) is 3.88. The van der Waals surface area contributed by atoms with E-state index in [-0.39, 0.29) is 0 Å². The monoisotopic (exact) mass is 264 g/mol. The molecule has 1 aromatic heterocycles. The first-order valence-electron chi connectivity index (χ1n) is 7.09. The Hall–Kier alpha value is -1.36. The molecule has 2 heterocycles. The van der Waals surface area contributed by atoms with Crippen molar-refractivity contribution in [2.24, 2.45) is 5.92 Å². The SMILES string of the molecule is CCOCc1nc(N)cc(N2CCCC(C)C2C)n1. The van der Waals surface area contributed by atoms with Crippen LogP contribution in [-0.2, 0) is 11.3 Å². The molecular weight excluding hydrogens is 240 g/mol. The molecule has 0 aromatic carbocycles. The van der Waals surface area contributed by atoms with E-state index in [2.05, 4.69) is 28.7 Å². The maximum atomic E-state index is 5.88. The summed E-state index contributed by atoms with van der Waals surface area (Å²) in [6.07, 6.45) is 2.49. The van der Waals surface area contributed by atoms with Gasteiger partial charge in [0.1, 0.15) is 18.2 Å². The number of nitrogens with two attached hydrogens (primary N) is 1. The lowest BCUT2D eigenvalue weighted by Crippen LogP contribution is -2.43. The molecule has 2 N–H and O–H groups in total. The molecule has 19 heavy (non-hydrogen) atoms. The molecule has 2 rings (SSSR count). The van der Waals surface area contributed by atoms with Gasteiger partial charge in [0.05, 0.1) is 0 Å². The molecule has 0 saturated carbocycles. The molecule has 1 fully saturated rings. The van der Waals surface area contributed by atoms with Crippen molar-refractivity contribution in [2.45, 2.75) is 46.3 Å². The van der Waals surface area contributed by atoms with E-state index in [9.17, 15) is 0 Å². The van der Waals surface area contributed by atoms with Gasteiger partial charge in [-0.1, -0.05) is 6.92 Å². The van der Waals surface area contributed by atoms with E-state index < -0.39 is 0 Å². The van der Waals surface area contributed by atoms with Gasteiger partial charge in [-0.3, -0.25) is 0 Å². The maximum absolute atomic E-state index is 5.88. The number of anilines is 2. The lowest BCUT2D eigenvalue weighted by atomic mass is 9.92. The molecule has 0 bridgehead atoms. The first-order valence-corrected chi connectivity index (χ1v) is 7.09. The molecule has 5 nitrogen and oxygen atoms in total. The highest BCUT2D eigenvalue weighted by Crippen LogP contribution is 2.27. The standard InChI is InChI=1S/C14H24N4O/c1-4-19-9-13-16-12(15)8-14(17-13)18-7-5-6-10(2)11(18)3/h8,10-11H,4-7,9H2,1-3H3,(H2,15,16,17). The van der Waals surface area contributed by atoms with Crippen molar-refractivity contribution in [2.75, 3.05) is 23.8 Å². The molecule has 0 aliphatic carbocycles. The molecule has 0 radical (unpaired) electrons. The fraction of sp³-hybridized carbons (Fsp3) is 0.714. The second-order valence-corrected chi connectivity index (χ2v) is 5.26. The molecule has 0 spiro atoms. The zero-order valence-corrected chi connectivity index (χ0v) is 12.1. The highest BCUT2D eigenvalue weighted by atomic mass is 16.5. The van der Waals surface area contributed by atoms with Crippen molar-refractivity contribution in [1.29, 1.82) is 0 Å². The Morgan fingerprint density at radius 3 is 2.95 bits per heavy atom. The van der Waals surface area contributed by atoms with Crippen LogP contribution in [0.25, 0.3) is 0 Å². The molecule has 0 amide bonds. The Bertz CT molecular complexity index is 424. The number of nitrogen functional groups attached to an aromatic ring is 1. The van der Waals surface area contributed by atoms with Crippen LogP contribution < -0.4 is 10.6 Å². The Labute approximate surface area is 115 Å². The summed E-state index contributed by atoms with van der Waals surface area (Å²) in [5.41, 5.74) is 5.88. The summed E-state index contributed by atoms with van der Waals surface area (Å²) in [6.45, 7) is 8.63. The Morgan fingerprint density at radius 1 is 1.42 bits per heavy atom. The lowest BCUT2D eigenvalue weighted by molar-refractivity contribution is 0.128. The predicted octanol–water partition coefficient (Wildman–Crippen LogP) is 2.22. The normalized spacial score (nSPS) is 23.6. The van der Waals surface area contributed by atoms with Gasteiger partial charge in [0.2, 0.25) is 0 Å². The molecule has 106 valence electrons. The van der Waals surface area contributed by atoms with Gasteiger partial charge < -0.3 is 15.4 Å². The number of hydrogen-bond donors (Lipinski definition) is 1. The van der Waals surface area contributed by atoms with Gasteiger partial charge in [0.15, 0.2) is 5.82 Å². The van der Waals surface area contributed by atoms with Crippen LogP contribution in [0.4, 0.5) is 11.6 Å². The zero-order chi connectivity index (χ0) is 13.8. The van der Waals surface area contributed by atoms with Gasteiger partial charge in [0, 0.05) is 25.3 Å². The van der Waals surface area contributed by atoms with E-state index in [0.717, 1.165) is 12.4 Å². The summed E-state index contributed by atoms with van der Waals surface area (Å²) in [7, 11) is 0. The summed E-state index contributed by atoms with van der Waals surface area (Å²) in [5.74, 6) is 2.80. The molecule has 1 aromatic rings. The van der Waals surface area contributed by atoms with Crippen molar-refractivity contribution in [3.63, 3.8) is 0 Å². The number of rotatable bonds is 4. The van der Waals surface area contributed by atoms with Gasteiger partial charge in [-0.05, 0) is 32.6 Å². The van der Waals surface area contributed by atoms with E-state index in [0.29, 0.717) is 36.8 Å². The summed E-state index contributed by atoms with van der Waals surface area (Å²) >= 11 is 0. The van der Waals surface area contributed by atoms with Crippen molar-refractivity contribution in [1.82, 2.24) is 9.97 Å². The minimum Gasteiger partial charge on any atom is -0.384 e. The minimum atomic E-state index is 0.423. The van der Waals surface area contributed by atoms with Gasteiger partial charge in [-0.2, -0.15) is 0 Å². The van der Waals surface area contributed by atoms with Crippen LogP contribution in [0.1, 0.15) is 39.4 Å². The smallest absolute Gasteiger partial charge is 0.158 e. The zero-order valence-electron chi connectivity index (χ0n) is 12.1. The van der Waals surface area contributed by atoms with Gasteiger partial charge in [-0.15, -0.1) is 0 Å². The van der Waals surface area contributed by atoms with E-state index >= 15 is 0 Å². The Morgan fingerprint density at radius 2 is 2.21 bits per heavy atom. The largest absolute Gasteiger partial charge is 0.384 e. The topological polar surface area (TPSA) is 64.3 Å². The Kier molecular flexibility index (Phi) is 4.58.